The number of nitrogens with zero attached hydrogens (tertiary/aromatic N) is 2. The molecule has 88 heavy (non-hydrogen) atoms. The molecule has 6 unspecified atom stereocenters. The second-order valence-electron chi connectivity index (χ2n) is 31.2. The lowest BCUT2D eigenvalue weighted by Crippen LogP contribution is -2.34. The predicted octanol–water partition coefficient (Wildman–Crippen LogP) is 19.5. The van der Waals surface area contributed by atoms with Gasteiger partial charge in [0.15, 0.2) is 12.3 Å². The number of carbonyl (C=O) groups is 3. The van der Waals surface area contributed by atoms with Crippen molar-refractivity contribution in [3.05, 3.63) is 174 Å². The summed E-state index contributed by atoms with van der Waals surface area (Å²) >= 11 is 0. The van der Waals surface area contributed by atoms with Gasteiger partial charge in [-0.3, -0.25) is 14.4 Å². The molecule has 6 atom stereocenters. The zero-order valence-corrected chi connectivity index (χ0v) is 56.9. The molecular weight excluding hydrogens is 1080 g/mol. The first-order chi connectivity index (χ1) is 41.2. The van der Waals surface area contributed by atoms with Gasteiger partial charge in [0.05, 0.1) is 11.4 Å². The summed E-state index contributed by atoms with van der Waals surface area (Å²) in [5.41, 5.74) is 10.4. The molecule has 2 amide bonds. The summed E-state index contributed by atoms with van der Waals surface area (Å²) in [7, 11) is 0. The fraction of sp³-hybridized carbons (Fsp3) is 0.475. The van der Waals surface area contributed by atoms with E-state index >= 15 is 0 Å². The van der Waals surface area contributed by atoms with Crippen molar-refractivity contribution in [3.8, 4) is 22.3 Å². The SMILES string of the molecule is CC(=O)NC1=CC(=[N+](/CC(CCC(C)CC(C)(C)C)C(C)CC(C)(C)C)c2ccc(-c3ccccc3)cc2)/C=CC/1=C1/C(=O)C(c2ccc(N(CC(CCC(C)CC(C)(C)C)C(C)CC(C)(C)C)c3ccc(-c4ccccc4)cc3)cc2NC(C)=O)=C1[O-]. The van der Waals surface area contributed by atoms with E-state index in [0.717, 1.165) is 109 Å². The average Bonchev–Trinajstić information content (AvgIpc) is 0.762. The van der Waals surface area contributed by atoms with Crippen LogP contribution in [0.4, 0.5) is 22.7 Å². The number of carbonyl (C=O) groups excluding carboxylic acids is 3. The number of allylic oxidation sites excluding steroid dienone is 5. The minimum Gasteiger partial charge on any atom is -0.871 e. The van der Waals surface area contributed by atoms with E-state index in [-0.39, 0.29) is 44.6 Å². The summed E-state index contributed by atoms with van der Waals surface area (Å²) in [6.07, 6.45) is 14.5. The fourth-order valence-corrected chi connectivity index (χ4v) is 14.1. The number of amides is 2. The van der Waals surface area contributed by atoms with Crippen LogP contribution in [-0.2, 0) is 14.4 Å². The molecule has 8 heteroatoms. The topological polar surface area (TPSA) is 105 Å². The highest BCUT2D eigenvalue weighted by atomic mass is 16.3. The largest absolute Gasteiger partial charge is 0.871 e. The van der Waals surface area contributed by atoms with E-state index in [1.54, 1.807) is 0 Å². The molecule has 0 heterocycles. The molecule has 0 bridgehead atoms. The highest BCUT2D eigenvalue weighted by molar-refractivity contribution is 6.40. The van der Waals surface area contributed by atoms with Gasteiger partial charge in [-0.1, -0.05) is 208 Å². The first-order valence-electron chi connectivity index (χ1n) is 32.8. The molecule has 0 spiro atoms. The van der Waals surface area contributed by atoms with Crippen LogP contribution in [0.3, 0.4) is 0 Å². The molecule has 5 aromatic carbocycles. The normalized spacial score (nSPS) is 17.5. The smallest absolute Gasteiger partial charge is 0.221 e. The molecule has 0 radical (unpaired) electrons. The predicted molar refractivity (Wildman–Crippen MR) is 370 cm³/mol. The summed E-state index contributed by atoms with van der Waals surface area (Å²) < 4.78 is 2.36. The lowest BCUT2D eigenvalue weighted by Gasteiger charge is -2.37. The van der Waals surface area contributed by atoms with E-state index in [0.29, 0.717) is 58.0 Å². The van der Waals surface area contributed by atoms with Gasteiger partial charge in [0, 0.05) is 84.3 Å². The lowest BCUT2D eigenvalue weighted by molar-refractivity contribution is -0.450. The molecule has 0 saturated carbocycles. The van der Waals surface area contributed by atoms with Crippen LogP contribution in [-0.4, -0.2) is 41.0 Å². The van der Waals surface area contributed by atoms with Crippen molar-refractivity contribution in [3.63, 3.8) is 0 Å². The third kappa shape index (κ3) is 19.5. The van der Waals surface area contributed by atoms with Crippen molar-refractivity contribution in [2.24, 2.45) is 57.2 Å². The van der Waals surface area contributed by atoms with Crippen molar-refractivity contribution in [1.29, 1.82) is 0 Å². The molecular formula is C80H106N4O4. The third-order valence-corrected chi connectivity index (χ3v) is 17.6. The maximum absolute atomic E-state index is 15.0. The van der Waals surface area contributed by atoms with E-state index in [2.05, 4.69) is 228 Å². The van der Waals surface area contributed by atoms with Gasteiger partial charge in [-0.25, -0.2) is 0 Å². The highest BCUT2D eigenvalue weighted by Crippen LogP contribution is 2.45. The Hall–Kier alpha value is -7.06. The van der Waals surface area contributed by atoms with Gasteiger partial charge in [-0.15, -0.1) is 0 Å². The number of nitrogens with one attached hydrogen (secondary N) is 2. The molecule has 0 saturated heterocycles. The molecule has 5 aromatic rings. The minimum atomic E-state index is -0.439. The standard InChI is InChI=1S/C80H106N4O4/c1-53(47-77(7,8)9)29-31-63(55(3)49-79(13,14)15)51-83(65-37-33-61(34-38-65)59-25-21-19-22-26-59)67-41-43-69(71(45-67)81-57(5)85)73-75(87)74(76(73)88)70-44-42-68(46-72(70)82-58(6)86)84(66-39-35-62(36-40-66)60-27-23-20-24-28-60)52-64(56(4)50-80(16,17)18)32-30-54(2)48-78(10,11)12/h19-28,33-46,53-56,63-64H,29-32,47-52H2,1-18H3,(H2,81,82,85,86,87,88). The minimum absolute atomic E-state index is 0.00271. The van der Waals surface area contributed by atoms with Gasteiger partial charge in [0.1, 0.15) is 0 Å². The molecule has 0 aromatic heterocycles. The third-order valence-electron chi connectivity index (χ3n) is 17.6. The second kappa shape index (κ2) is 29.1. The Bertz CT molecular complexity index is 3370. The number of benzene rings is 5. The monoisotopic (exact) mass is 1190 g/mol. The number of anilines is 3. The molecule has 0 fully saturated rings. The summed E-state index contributed by atoms with van der Waals surface area (Å²) in [4.78, 5) is 43.9. The van der Waals surface area contributed by atoms with Gasteiger partial charge >= 0.3 is 0 Å². The first-order valence-corrected chi connectivity index (χ1v) is 32.8. The summed E-state index contributed by atoms with van der Waals surface area (Å²) in [5, 5.41) is 21.1. The van der Waals surface area contributed by atoms with Gasteiger partial charge in [0.25, 0.3) is 0 Å². The van der Waals surface area contributed by atoms with Crippen molar-refractivity contribution < 1.29 is 24.1 Å². The van der Waals surface area contributed by atoms with Crippen molar-refractivity contribution in [2.75, 3.05) is 23.3 Å². The van der Waals surface area contributed by atoms with E-state index in [1.165, 1.54) is 13.8 Å². The Balaban J connectivity index is 1.33. The highest BCUT2D eigenvalue weighted by Gasteiger charge is 2.37. The first kappa shape index (κ1) is 68.4. The van der Waals surface area contributed by atoms with Crippen LogP contribution in [0.2, 0.25) is 0 Å². The Morgan fingerprint density at radius 2 is 0.977 bits per heavy atom. The molecule has 7 rings (SSSR count). The average molecular weight is 1190 g/mol. The Morgan fingerprint density at radius 1 is 0.523 bits per heavy atom. The molecule has 470 valence electrons. The summed E-state index contributed by atoms with van der Waals surface area (Å²) in [5.74, 6) is 1.05. The molecule has 8 nitrogen and oxygen atoms in total. The van der Waals surface area contributed by atoms with E-state index in [4.69, 9.17) is 0 Å². The van der Waals surface area contributed by atoms with Crippen LogP contribution < -0.4 is 20.6 Å². The van der Waals surface area contributed by atoms with Crippen molar-refractivity contribution >= 4 is 51.6 Å². The number of ketones is 1. The van der Waals surface area contributed by atoms with Crippen LogP contribution in [0.25, 0.3) is 27.8 Å². The zero-order chi connectivity index (χ0) is 64.5. The second-order valence-corrected chi connectivity index (χ2v) is 31.2. The van der Waals surface area contributed by atoms with Crippen LogP contribution in [0.15, 0.2) is 168 Å². The fourth-order valence-electron chi connectivity index (χ4n) is 14.1. The van der Waals surface area contributed by atoms with Gasteiger partial charge in [0.2, 0.25) is 23.2 Å². The maximum Gasteiger partial charge on any atom is 0.221 e. The van der Waals surface area contributed by atoms with Crippen LogP contribution in [0.1, 0.15) is 182 Å². The van der Waals surface area contributed by atoms with Crippen molar-refractivity contribution in [2.45, 2.75) is 176 Å². The number of rotatable bonds is 24. The molecule has 0 aliphatic heterocycles. The van der Waals surface area contributed by atoms with Gasteiger partial charge in [-0.2, -0.15) is 4.58 Å². The van der Waals surface area contributed by atoms with Crippen LogP contribution >= 0.6 is 0 Å². The number of hydrogen-bond donors (Lipinski definition) is 2. The van der Waals surface area contributed by atoms with Gasteiger partial charge in [-0.05, 0) is 155 Å². The number of hydrogen-bond acceptors (Lipinski definition) is 5. The number of Topliss-reactive ketones (excluding diaryl/α,β-unsaturated/α-hetero) is 1. The Labute approximate surface area is 530 Å². The van der Waals surface area contributed by atoms with E-state index < -0.39 is 11.5 Å². The van der Waals surface area contributed by atoms with Crippen molar-refractivity contribution in [1.82, 2.24) is 5.32 Å². The Kier molecular flexibility index (Phi) is 22.6. The molecule has 2 N–H and O–H groups in total. The summed E-state index contributed by atoms with van der Waals surface area (Å²) in [6.45, 7) is 41.8. The maximum atomic E-state index is 15.0. The zero-order valence-electron chi connectivity index (χ0n) is 56.9. The van der Waals surface area contributed by atoms with Gasteiger partial charge < -0.3 is 20.6 Å². The molecule has 2 aliphatic rings. The summed E-state index contributed by atoms with van der Waals surface area (Å²) in [6, 6.07) is 43.9. The van der Waals surface area contributed by atoms with E-state index in [1.807, 2.05) is 48.6 Å². The Morgan fingerprint density at radius 3 is 1.45 bits per heavy atom. The van der Waals surface area contributed by atoms with E-state index in [9.17, 15) is 19.5 Å². The van der Waals surface area contributed by atoms with Crippen LogP contribution in [0, 0.1) is 57.2 Å². The lowest BCUT2D eigenvalue weighted by atomic mass is 9.76. The molecule has 2 aliphatic carbocycles. The van der Waals surface area contributed by atoms with Crippen LogP contribution in [0.5, 0.6) is 0 Å². The quantitative estimate of drug-likeness (QED) is 0.0473.